The molecule has 5 aromatic rings. The second kappa shape index (κ2) is 8.55. The molecular weight excluding hydrogens is 420 g/mol. The van der Waals surface area contributed by atoms with Gasteiger partial charge in [-0.1, -0.05) is 30.3 Å². The lowest BCUT2D eigenvalue weighted by Gasteiger charge is -2.08. The zero-order valence-electron chi connectivity index (χ0n) is 17.8. The summed E-state index contributed by atoms with van der Waals surface area (Å²) in [7, 11) is 1.58. The fourth-order valence-electron chi connectivity index (χ4n) is 3.62. The largest absolute Gasteiger partial charge is 0.497 e. The fourth-order valence-corrected chi connectivity index (χ4v) is 3.62. The maximum atomic E-state index is 13.0. The number of Topliss-reactive ketones (excluding diaryl/α,β-unsaturated/α-hetero) is 1. The molecule has 0 aliphatic rings. The van der Waals surface area contributed by atoms with Gasteiger partial charge in [0.2, 0.25) is 11.5 Å². The Hall–Kier alpha value is -4.52. The second-order valence-corrected chi connectivity index (χ2v) is 7.41. The summed E-state index contributed by atoms with van der Waals surface area (Å²) in [5.41, 5.74) is 2.22. The molecule has 0 saturated heterocycles. The molecule has 0 aliphatic heterocycles. The van der Waals surface area contributed by atoms with Crippen LogP contribution in [0.4, 0.5) is 11.4 Å². The van der Waals surface area contributed by atoms with Gasteiger partial charge in [-0.2, -0.15) is 0 Å². The molecule has 0 radical (unpaired) electrons. The summed E-state index contributed by atoms with van der Waals surface area (Å²) in [4.78, 5) is 25.8. The van der Waals surface area contributed by atoms with Crippen LogP contribution in [0, 0.1) is 0 Å². The van der Waals surface area contributed by atoms with Crippen LogP contribution in [0.1, 0.15) is 21.1 Å². The van der Waals surface area contributed by atoms with Gasteiger partial charge in [-0.3, -0.25) is 9.59 Å². The summed E-state index contributed by atoms with van der Waals surface area (Å²) in [5.74, 6) is 0.349. The quantitative estimate of drug-likeness (QED) is 0.314. The summed E-state index contributed by atoms with van der Waals surface area (Å²) in [5, 5.41) is 7.46. The third kappa shape index (κ3) is 4.04. The standard InChI is InChI=1S/C26H20N2O5/c1-31-18-12-10-17(11-13-18)28-26(30)25-24(19-7-3-5-9-22(19)33-25)27-15-20(29)23-14-16-6-2-4-8-21(16)32-23/h2-14,27H,15H2,1H3,(H,28,30). The van der Waals surface area contributed by atoms with Crippen LogP contribution in [0.2, 0.25) is 0 Å². The first kappa shape index (κ1) is 20.4. The number of furan rings is 2. The number of benzene rings is 3. The summed E-state index contributed by atoms with van der Waals surface area (Å²) < 4.78 is 16.6. The number of hydrogen-bond donors (Lipinski definition) is 2. The summed E-state index contributed by atoms with van der Waals surface area (Å²) in [6.07, 6.45) is 0. The van der Waals surface area contributed by atoms with Crippen molar-refractivity contribution in [1.29, 1.82) is 0 Å². The van der Waals surface area contributed by atoms with Gasteiger partial charge in [-0.15, -0.1) is 0 Å². The molecule has 0 fully saturated rings. The molecule has 0 bridgehead atoms. The number of para-hydroxylation sites is 2. The van der Waals surface area contributed by atoms with Gasteiger partial charge in [0, 0.05) is 16.5 Å². The molecule has 0 spiro atoms. The molecule has 5 rings (SSSR count). The minimum atomic E-state index is -0.435. The zero-order chi connectivity index (χ0) is 22.8. The van der Waals surface area contributed by atoms with E-state index < -0.39 is 5.91 Å². The third-order valence-electron chi connectivity index (χ3n) is 5.28. The van der Waals surface area contributed by atoms with Crippen LogP contribution in [0.5, 0.6) is 5.75 Å². The van der Waals surface area contributed by atoms with Gasteiger partial charge in [0.1, 0.15) is 16.9 Å². The number of methoxy groups -OCH3 is 1. The van der Waals surface area contributed by atoms with Gasteiger partial charge >= 0.3 is 0 Å². The van der Waals surface area contributed by atoms with Gasteiger partial charge in [0.25, 0.3) is 5.91 Å². The molecule has 2 heterocycles. The Kier molecular flexibility index (Phi) is 5.28. The Morgan fingerprint density at radius 1 is 0.879 bits per heavy atom. The van der Waals surface area contributed by atoms with Crippen LogP contribution >= 0.6 is 0 Å². The molecule has 164 valence electrons. The number of carbonyl (C=O) groups excluding carboxylic acids is 2. The molecular formula is C26H20N2O5. The van der Waals surface area contributed by atoms with Gasteiger partial charge in [-0.25, -0.2) is 0 Å². The van der Waals surface area contributed by atoms with E-state index in [0.29, 0.717) is 33.7 Å². The molecule has 3 aromatic carbocycles. The number of fused-ring (bicyclic) bond motifs is 2. The van der Waals surface area contributed by atoms with E-state index in [1.165, 1.54) is 0 Å². The Balaban J connectivity index is 1.40. The average molecular weight is 440 g/mol. The summed E-state index contributed by atoms with van der Waals surface area (Å²) in [6.45, 7) is -0.0633. The highest BCUT2D eigenvalue weighted by molar-refractivity contribution is 6.12. The Bertz CT molecular complexity index is 1430. The van der Waals surface area contributed by atoms with Gasteiger partial charge in [-0.05, 0) is 48.5 Å². The first-order chi connectivity index (χ1) is 16.1. The lowest BCUT2D eigenvalue weighted by molar-refractivity contribution is 0.0976. The monoisotopic (exact) mass is 440 g/mol. The molecule has 7 heteroatoms. The van der Waals surface area contributed by atoms with Crippen molar-refractivity contribution in [2.24, 2.45) is 0 Å². The maximum absolute atomic E-state index is 13.0. The van der Waals surface area contributed by atoms with E-state index in [9.17, 15) is 9.59 Å². The van der Waals surface area contributed by atoms with E-state index >= 15 is 0 Å². The number of ether oxygens (including phenoxy) is 1. The molecule has 0 unspecified atom stereocenters. The minimum absolute atomic E-state index is 0.0633. The highest BCUT2D eigenvalue weighted by atomic mass is 16.5. The van der Waals surface area contributed by atoms with Crippen LogP contribution in [-0.4, -0.2) is 25.3 Å². The van der Waals surface area contributed by atoms with Gasteiger partial charge in [0.15, 0.2) is 5.76 Å². The predicted octanol–water partition coefficient (Wildman–Crippen LogP) is 5.73. The van der Waals surface area contributed by atoms with E-state index in [1.54, 1.807) is 43.5 Å². The SMILES string of the molecule is COc1ccc(NC(=O)c2oc3ccccc3c2NCC(=O)c2cc3ccccc3o2)cc1. The lowest BCUT2D eigenvalue weighted by atomic mass is 10.2. The first-order valence-corrected chi connectivity index (χ1v) is 10.3. The Morgan fingerprint density at radius 2 is 1.61 bits per heavy atom. The number of nitrogens with one attached hydrogen (secondary N) is 2. The van der Waals surface area contributed by atoms with Crippen molar-refractivity contribution >= 4 is 45.0 Å². The van der Waals surface area contributed by atoms with Crippen molar-refractivity contribution in [3.8, 4) is 5.75 Å². The van der Waals surface area contributed by atoms with E-state index in [-0.39, 0.29) is 23.8 Å². The van der Waals surface area contributed by atoms with Crippen LogP contribution in [-0.2, 0) is 0 Å². The minimum Gasteiger partial charge on any atom is -0.497 e. The second-order valence-electron chi connectivity index (χ2n) is 7.41. The normalized spacial score (nSPS) is 10.9. The van der Waals surface area contributed by atoms with Crippen LogP contribution in [0.15, 0.2) is 87.7 Å². The molecule has 2 N–H and O–H groups in total. The molecule has 2 aromatic heterocycles. The molecule has 1 amide bonds. The van der Waals surface area contributed by atoms with Crippen LogP contribution < -0.4 is 15.4 Å². The third-order valence-corrected chi connectivity index (χ3v) is 5.28. The highest BCUT2D eigenvalue weighted by Gasteiger charge is 2.22. The number of anilines is 2. The fraction of sp³-hybridized carbons (Fsp3) is 0.0769. The Morgan fingerprint density at radius 3 is 2.36 bits per heavy atom. The molecule has 33 heavy (non-hydrogen) atoms. The van der Waals surface area contributed by atoms with Gasteiger partial charge < -0.3 is 24.2 Å². The van der Waals surface area contributed by atoms with Gasteiger partial charge in [0.05, 0.1) is 19.3 Å². The smallest absolute Gasteiger partial charge is 0.293 e. The van der Waals surface area contributed by atoms with Crippen molar-refractivity contribution in [3.05, 3.63) is 90.4 Å². The summed E-state index contributed by atoms with van der Waals surface area (Å²) >= 11 is 0. The van der Waals surface area contributed by atoms with Crippen molar-refractivity contribution in [3.63, 3.8) is 0 Å². The average Bonchev–Trinajstić information content (AvgIpc) is 3.45. The van der Waals surface area contributed by atoms with Crippen molar-refractivity contribution in [2.45, 2.75) is 0 Å². The molecule has 7 nitrogen and oxygen atoms in total. The molecule has 0 aliphatic carbocycles. The number of ketones is 1. The van der Waals surface area contributed by atoms with Crippen LogP contribution in [0.3, 0.4) is 0 Å². The van der Waals surface area contributed by atoms with E-state index in [1.807, 2.05) is 42.5 Å². The maximum Gasteiger partial charge on any atom is 0.293 e. The molecule has 0 saturated carbocycles. The number of amides is 1. The van der Waals surface area contributed by atoms with Crippen molar-refractivity contribution < 1.29 is 23.2 Å². The number of rotatable bonds is 7. The van der Waals surface area contributed by atoms with Crippen molar-refractivity contribution in [1.82, 2.24) is 0 Å². The lowest BCUT2D eigenvalue weighted by Crippen LogP contribution is -2.17. The van der Waals surface area contributed by atoms with Crippen LogP contribution in [0.25, 0.3) is 21.9 Å². The topological polar surface area (TPSA) is 93.7 Å². The predicted molar refractivity (Wildman–Crippen MR) is 126 cm³/mol. The number of carbonyl (C=O) groups is 2. The highest BCUT2D eigenvalue weighted by Crippen LogP contribution is 2.32. The van der Waals surface area contributed by atoms with E-state index in [2.05, 4.69) is 10.6 Å². The zero-order valence-corrected chi connectivity index (χ0v) is 17.8. The molecule has 0 atom stereocenters. The van der Waals surface area contributed by atoms with E-state index in [0.717, 1.165) is 5.39 Å². The van der Waals surface area contributed by atoms with E-state index in [4.69, 9.17) is 13.6 Å². The number of hydrogen-bond acceptors (Lipinski definition) is 6. The first-order valence-electron chi connectivity index (χ1n) is 10.3. The summed E-state index contributed by atoms with van der Waals surface area (Å²) in [6, 6.07) is 23.4. The van der Waals surface area contributed by atoms with Crippen molar-refractivity contribution in [2.75, 3.05) is 24.3 Å². The Labute approximate surface area is 188 Å².